The maximum atomic E-state index is 13.6. The normalized spacial score (nSPS) is 25.1. The maximum absolute atomic E-state index is 13.6. The van der Waals surface area contributed by atoms with E-state index < -0.39 is 23.3 Å². The topological polar surface area (TPSA) is 72.0 Å². The molecule has 2 saturated heterocycles. The second kappa shape index (κ2) is 8.64. The molecule has 5 heterocycles. The van der Waals surface area contributed by atoms with E-state index in [1.165, 1.54) is 4.90 Å². The number of esters is 1. The van der Waals surface area contributed by atoms with Crippen molar-refractivity contribution in [3.63, 3.8) is 0 Å². The van der Waals surface area contributed by atoms with Gasteiger partial charge >= 0.3 is 12.1 Å². The minimum absolute atomic E-state index is 0.0277. The SMILES string of the molecule is CC1=C(C(=O)N2CCc3ncc(C(F)(F)F)cc3C2)C2(CCN(C[C@H]3CCOC3)CC2)OC1=O. The Labute approximate surface area is 195 Å². The number of amides is 1. The summed E-state index contributed by atoms with van der Waals surface area (Å²) in [6.07, 6.45) is -1.20. The van der Waals surface area contributed by atoms with Crippen molar-refractivity contribution >= 4 is 11.9 Å². The number of ether oxygens (including phenoxy) is 2. The number of rotatable bonds is 3. The Hall–Kier alpha value is -2.46. The van der Waals surface area contributed by atoms with E-state index in [4.69, 9.17) is 9.47 Å². The van der Waals surface area contributed by atoms with Crippen LogP contribution in [-0.2, 0) is 38.2 Å². The van der Waals surface area contributed by atoms with Crippen LogP contribution in [0.15, 0.2) is 23.4 Å². The first-order valence-electron chi connectivity index (χ1n) is 11.8. The molecule has 0 aromatic carbocycles. The third-order valence-electron chi connectivity index (χ3n) is 7.50. The molecule has 0 N–H and O–H groups in total. The summed E-state index contributed by atoms with van der Waals surface area (Å²) in [5, 5.41) is 0. The summed E-state index contributed by atoms with van der Waals surface area (Å²) in [4.78, 5) is 34.0. The Morgan fingerprint density at radius 3 is 2.71 bits per heavy atom. The predicted octanol–water partition coefficient (Wildman–Crippen LogP) is 2.73. The molecule has 1 aromatic heterocycles. The highest BCUT2D eigenvalue weighted by Crippen LogP contribution is 2.42. The lowest BCUT2D eigenvalue weighted by molar-refractivity contribution is -0.151. The molecule has 1 atom stereocenters. The van der Waals surface area contributed by atoms with E-state index in [0.717, 1.165) is 38.4 Å². The van der Waals surface area contributed by atoms with E-state index in [9.17, 15) is 22.8 Å². The molecule has 0 unspecified atom stereocenters. The maximum Gasteiger partial charge on any atom is 0.417 e. The molecule has 1 spiro atoms. The number of halogens is 3. The van der Waals surface area contributed by atoms with Crippen molar-refractivity contribution in [2.75, 3.05) is 39.4 Å². The van der Waals surface area contributed by atoms with Crippen LogP contribution < -0.4 is 0 Å². The number of hydrogen-bond donors (Lipinski definition) is 0. The zero-order chi connectivity index (χ0) is 24.1. The molecular weight excluding hydrogens is 451 g/mol. The number of fused-ring (bicyclic) bond motifs is 1. The fourth-order valence-electron chi connectivity index (χ4n) is 5.56. The molecule has 0 aliphatic carbocycles. The lowest BCUT2D eigenvalue weighted by Gasteiger charge is -2.41. The second-order valence-electron chi connectivity index (χ2n) is 9.72. The molecule has 10 heteroatoms. The number of carbonyl (C=O) groups is 2. The van der Waals surface area contributed by atoms with Crippen LogP contribution in [0.5, 0.6) is 0 Å². The van der Waals surface area contributed by atoms with Gasteiger partial charge in [-0.15, -0.1) is 0 Å². The molecule has 1 aromatic rings. The number of pyridine rings is 1. The van der Waals surface area contributed by atoms with Crippen LogP contribution in [0.25, 0.3) is 0 Å². The van der Waals surface area contributed by atoms with Gasteiger partial charge in [-0.2, -0.15) is 13.2 Å². The summed E-state index contributed by atoms with van der Waals surface area (Å²) >= 11 is 0. The first-order chi connectivity index (χ1) is 16.2. The van der Waals surface area contributed by atoms with Crippen molar-refractivity contribution in [3.05, 3.63) is 40.2 Å². The Kier molecular flexibility index (Phi) is 5.92. The number of hydrogen-bond acceptors (Lipinski definition) is 6. The van der Waals surface area contributed by atoms with Gasteiger partial charge in [-0.25, -0.2) is 4.79 Å². The summed E-state index contributed by atoms with van der Waals surface area (Å²) in [6, 6.07) is 1.07. The standard InChI is InChI=1S/C24H28F3N3O4/c1-15-20(21(31)30-6-2-19-17(13-30)10-18(11-28-19)24(25,26)27)23(34-22(15)32)4-7-29(8-5-23)12-16-3-9-33-14-16/h10-11,16H,2-9,12-14H2,1H3/t16-/m1/s1. The van der Waals surface area contributed by atoms with Gasteiger partial charge in [-0.05, 0) is 30.9 Å². The van der Waals surface area contributed by atoms with E-state index in [-0.39, 0.29) is 12.5 Å². The molecule has 184 valence electrons. The van der Waals surface area contributed by atoms with Crippen LogP contribution in [-0.4, -0.2) is 71.7 Å². The molecular formula is C24H28F3N3O4. The summed E-state index contributed by atoms with van der Waals surface area (Å²) in [7, 11) is 0. The van der Waals surface area contributed by atoms with Gasteiger partial charge in [0, 0.05) is 76.1 Å². The number of aromatic nitrogens is 1. The molecule has 34 heavy (non-hydrogen) atoms. The van der Waals surface area contributed by atoms with Crippen molar-refractivity contribution in [2.45, 2.75) is 50.9 Å². The predicted molar refractivity (Wildman–Crippen MR) is 114 cm³/mol. The summed E-state index contributed by atoms with van der Waals surface area (Å²) in [5.41, 5.74) is -0.166. The van der Waals surface area contributed by atoms with Crippen molar-refractivity contribution in [3.8, 4) is 0 Å². The summed E-state index contributed by atoms with van der Waals surface area (Å²) in [6.45, 7) is 5.85. The molecule has 4 aliphatic rings. The van der Waals surface area contributed by atoms with E-state index in [0.29, 0.717) is 67.2 Å². The lowest BCUT2D eigenvalue weighted by atomic mass is 9.82. The van der Waals surface area contributed by atoms with Crippen LogP contribution in [0.4, 0.5) is 13.2 Å². The Balaban J connectivity index is 1.33. The van der Waals surface area contributed by atoms with Gasteiger partial charge < -0.3 is 19.3 Å². The van der Waals surface area contributed by atoms with Crippen LogP contribution in [0.1, 0.15) is 43.0 Å². The van der Waals surface area contributed by atoms with Crippen LogP contribution >= 0.6 is 0 Å². The zero-order valence-electron chi connectivity index (χ0n) is 19.1. The van der Waals surface area contributed by atoms with Crippen LogP contribution in [0, 0.1) is 5.92 Å². The van der Waals surface area contributed by atoms with Gasteiger partial charge in [0.25, 0.3) is 5.91 Å². The first kappa shape index (κ1) is 23.3. The van der Waals surface area contributed by atoms with E-state index in [1.54, 1.807) is 6.92 Å². The van der Waals surface area contributed by atoms with Crippen LogP contribution in [0.2, 0.25) is 0 Å². The Bertz CT molecular complexity index is 1020. The van der Waals surface area contributed by atoms with Crippen molar-refractivity contribution in [2.24, 2.45) is 5.92 Å². The third-order valence-corrected chi connectivity index (χ3v) is 7.50. The minimum Gasteiger partial charge on any atom is -0.450 e. The summed E-state index contributed by atoms with van der Waals surface area (Å²) in [5.74, 6) is -0.314. The zero-order valence-corrected chi connectivity index (χ0v) is 19.1. The number of likely N-dealkylation sites (tertiary alicyclic amines) is 1. The molecule has 0 saturated carbocycles. The highest BCUT2D eigenvalue weighted by atomic mass is 19.4. The second-order valence-corrected chi connectivity index (χ2v) is 9.72. The molecule has 7 nitrogen and oxygen atoms in total. The van der Waals surface area contributed by atoms with Gasteiger partial charge in [0.2, 0.25) is 0 Å². The first-order valence-corrected chi connectivity index (χ1v) is 11.8. The molecule has 5 rings (SSSR count). The van der Waals surface area contributed by atoms with E-state index in [1.807, 2.05) is 0 Å². The Morgan fingerprint density at radius 1 is 1.26 bits per heavy atom. The molecule has 4 aliphatic heterocycles. The van der Waals surface area contributed by atoms with Crippen molar-refractivity contribution in [1.29, 1.82) is 0 Å². The summed E-state index contributed by atoms with van der Waals surface area (Å²) < 4.78 is 50.7. The molecule has 0 radical (unpaired) electrons. The fourth-order valence-corrected chi connectivity index (χ4v) is 5.56. The molecule has 2 fully saturated rings. The van der Waals surface area contributed by atoms with Gasteiger partial charge in [0.15, 0.2) is 0 Å². The highest BCUT2D eigenvalue weighted by molar-refractivity contribution is 6.07. The monoisotopic (exact) mass is 479 g/mol. The van der Waals surface area contributed by atoms with E-state index >= 15 is 0 Å². The average Bonchev–Trinajstić information content (AvgIpc) is 3.40. The number of alkyl halides is 3. The van der Waals surface area contributed by atoms with Crippen molar-refractivity contribution in [1.82, 2.24) is 14.8 Å². The molecule has 1 amide bonds. The van der Waals surface area contributed by atoms with Gasteiger partial charge in [0.1, 0.15) is 5.60 Å². The van der Waals surface area contributed by atoms with Gasteiger partial charge in [0.05, 0.1) is 17.7 Å². The number of nitrogens with zero attached hydrogens (tertiary/aromatic N) is 3. The van der Waals surface area contributed by atoms with Gasteiger partial charge in [-0.3, -0.25) is 9.78 Å². The van der Waals surface area contributed by atoms with Gasteiger partial charge in [-0.1, -0.05) is 0 Å². The number of carbonyl (C=O) groups excluding carboxylic acids is 2. The minimum atomic E-state index is -4.50. The largest absolute Gasteiger partial charge is 0.450 e. The smallest absolute Gasteiger partial charge is 0.417 e. The Morgan fingerprint density at radius 2 is 2.03 bits per heavy atom. The lowest BCUT2D eigenvalue weighted by Crippen LogP contribution is -2.50. The highest BCUT2D eigenvalue weighted by Gasteiger charge is 2.52. The van der Waals surface area contributed by atoms with E-state index in [2.05, 4.69) is 9.88 Å². The quantitative estimate of drug-likeness (QED) is 0.621. The van der Waals surface area contributed by atoms with Crippen molar-refractivity contribution < 1.29 is 32.2 Å². The molecule has 0 bridgehead atoms. The number of piperidine rings is 1. The third kappa shape index (κ3) is 4.22. The fraction of sp³-hybridized carbons (Fsp3) is 0.625. The average molecular weight is 479 g/mol. The van der Waals surface area contributed by atoms with Crippen LogP contribution in [0.3, 0.4) is 0 Å².